The maximum atomic E-state index is 5.34. The molecule has 1 aliphatic heterocycles. The zero-order valence-corrected chi connectivity index (χ0v) is 14.2. The molecule has 0 fully saturated rings. The van der Waals surface area contributed by atoms with Gasteiger partial charge in [-0.2, -0.15) is 4.68 Å². The summed E-state index contributed by atoms with van der Waals surface area (Å²) in [5, 5.41) is 15.4. The number of anilines is 1. The van der Waals surface area contributed by atoms with Crippen LogP contribution in [0.1, 0.15) is 29.7 Å². The molecule has 0 radical (unpaired) electrons. The molecule has 25 heavy (non-hydrogen) atoms. The number of nitrogens with zero attached hydrogens (tertiary/aromatic N) is 4. The quantitative estimate of drug-likeness (QED) is 0.793. The minimum absolute atomic E-state index is 0.0571. The second-order valence-corrected chi connectivity index (χ2v) is 5.92. The van der Waals surface area contributed by atoms with Crippen molar-refractivity contribution in [2.24, 2.45) is 0 Å². The van der Waals surface area contributed by atoms with Crippen molar-refractivity contribution >= 4 is 11.6 Å². The predicted molar refractivity (Wildman–Crippen MR) is 96.4 cm³/mol. The summed E-state index contributed by atoms with van der Waals surface area (Å²) in [6.07, 6.45) is 3.16. The van der Waals surface area contributed by atoms with Crippen molar-refractivity contribution in [1.29, 1.82) is 0 Å². The molecule has 6 heteroatoms. The van der Waals surface area contributed by atoms with Crippen LogP contribution < -0.4 is 10.1 Å². The highest BCUT2D eigenvalue weighted by molar-refractivity contribution is 5.77. The highest BCUT2D eigenvalue weighted by Gasteiger charge is 2.24. The summed E-state index contributed by atoms with van der Waals surface area (Å²) >= 11 is 0. The van der Waals surface area contributed by atoms with E-state index in [1.54, 1.807) is 11.8 Å². The van der Waals surface area contributed by atoms with Gasteiger partial charge < -0.3 is 10.1 Å². The summed E-state index contributed by atoms with van der Waals surface area (Å²) in [6.45, 7) is 2.15. The van der Waals surface area contributed by atoms with Crippen LogP contribution in [-0.4, -0.2) is 27.3 Å². The molecule has 1 aromatic heterocycles. The van der Waals surface area contributed by atoms with E-state index in [9.17, 15) is 0 Å². The van der Waals surface area contributed by atoms with Gasteiger partial charge in [0.15, 0.2) is 0 Å². The average molecular weight is 333 g/mol. The van der Waals surface area contributed by atoms with Crippen molar-refractivity contribution < 1.29 is 4.74 Å². The molecule has 0 unspecified atom stereocenters. The molecule has 6 nitrogen and oxygen atoms in total. The van der Waals surface area contributed by atoms with E-state index in [1.165, 1.54) is 5.56 Å². The van der Waals surface area contributed by atoms with Crippen molar-refractivity contribution in [3.05, 3.63) is 71.3 Å². The molecule has 1 atom stereocenters. The van der Waals surface area contributed by atoms with Gasteiger partial charge in [-0.15, -0.1) is 0 Å². The fraction of sp³-hybridized carbons (Fsp3) is 0.211. The molecule has 0 saturated heterocycles. The maximum absolute atomic E-state index is 5.34. The Morgan fingerprint density at radius 1 is 1.16 bits per heavy atom. The van der Waals surface area contributed by atoms with Gasteiger partial charge in [0.25, 0.3) is 0 Å². The number of fused-ring (bicyclic) bond motifs is 1. The second kappa shape index (κ2) is 6.39. The first kappa shape index (κ1) is 15.4. The van der Waals surface area contributed by atoms with Crippen LogP contribution in [0.3, 0.4) is 0 Å². The summed E-state index contributed by atoms with van der Waals surface area (Å²) in [6, 6.07) is 16.5. The lowest BCUT2D eigenvalue weighted by molar-refractivity contribution is 0.414. The summed E-state index contributed by atoms with van der Waals surface area (Å²) in [5.74, 6) is 1.44. The van der Waals surface area contributed by atoms with Gasteiger partial charge in [0.1, 0.15) is 11.8 Å². The van der Waals surface area contributed by atoms with Gasteiger partial charge in [-0.1, -0.05) is 48.4 Å². The third kappa shape index (κ3) is 2.87. The smallest absolute Gasteiger partial charge is 0.248 e. The van der Waals surface area contributed by atoms with E-state index in [-0.39, 0.29) is 6.04 Å². The number of methoxy groups -OCH3 is 1. The van der Waals surface area contributed by atoms with Crippen molar-refractivity contribution in [1.82, 2.24) is 20.2 Å². The Morgan fingerprint density at radius 2 is 2.00 bits per heavy atom. The zero-order valence-electron chi connectivity index (χ0n) is 14.2. The van der Waals surface area contributed by atoms with Crippen molar-refractivity contribution in [3.63, 3.8) is 0 Å². The van der Waals surface area contributed by atoms with E-state index < -0.39 is 0 Å². The summed E-state index contributed by atoms with van der Waals surface area (Å²) in [7, 11) is 1.67. The van der Waals surface area contributed by atoms with Crippen LogP contribution >= 0.6 is 0 Å². The Hall–Kier alpha value is -3.15. The maximum Gasteiger partial charge on any atom is 0.248 e. The Kier molecular flexibility index (Phi) is 3.93. The number of hydrogen-bond acceptors (Lipinski definition) is 5. The lowest BCUT2D eigenvalue weighted by Crippen LogP contribution is -2.20. The van der Waals surface area contributed by atoms with Crippen LogP contribution in [0.15, 0.2) is 54.6 Å². The van der Waals surface area contributed by atoms with Crippen LogP contribution in [0, 0.1) is 0 Å². The minimum atomic E-state index is -0.0571. The molecule has 0 saturated carbocycles. The molecule has 126 valence electrons. The third-order valence-electron chi connectivity index (χ3n) is 4.44. The highest BCUT2D eigenvalue weighted by Crippen LogP contribution is 2.32. The number of aromatic nitrogens is 4. The number of tetrazole rings is 1. The van der Waals surface area contributed by atoms with Gasteiger partial charge in [-0.25, -0.2) is 0 Å². The fourth-order valence-electron chi connectivity index (χ4n) is 3.00. The summed E-state index contributed by atoms with van der Waals surface area (Å²) < 4.78 is 7.13. The first-order valence-electron chi connectivity index (χ1n) is 8.28. The molecular weight excluding hydrogens is 314 g/mol. The minimum Gasteiger partial charge on any atom is -0.497 e. The zero-order chi connectivity index (χ0) is 17.2. The lowest BCUT2D eigenvalue weighted by atomic mass is 10.00. The Bertz CT molecular complexity index is 914. The third-order valence-corrected chi connectivity index (χ3v) is 4.44. The number of nitrogens with one attached hydrogen (secondary N) is 1. The van der Waals surface area contributed by atoms with Gasteiger partial charge in [0, 0.05) is 11.3 Å². The van der Waals surface area contributed by atoms with Crippen LogP contribution in [0.4, 0.5) is 5.95 Å². The standard InChI is InChI=1S/C19H19N5O/c1-3-13-7-9-14(10-8-13)18-12-17(20-19-21-22-23-24(18)19)15-5-4-6-16(11-15)25-2/h4-12,18H,3H2,1-2H3,(H,20,21,23)/t18-/m0/s1. The normalized spacial score (nSPS) is 15.9. The summed E-state index contributed by atoms with van der Waals surface area (Å²) in [5.41, 5.74) is 4.45. The van der Waals surface area contributed by atoms with Crippen LogP contribution in [0.2, 0.25) is 0 Å². The molecule has 4 rings (SSSR count). The molecular formula is C19H19N5O. The Labute approximate surface area is 146 Å². The Morgan fingerprint density at radius 3 is 2.76 bits per heavy atom. The van der Waals surface area contributed by atoms with E-state index in [0.29, 0.717) is 5.95 Å². The van der Waals surface area contributed by atoms with E-state index >= 15 is 0 Å². The molecule has 0 aliphatic carbocycles. The number of aryl methyl sites for hydroxylation is 1. The first-order chi connectivity index (χ1) is 12.3. The van der Waals surface area contributed by atoms with Gasteiger partial charge in [-0.05, 0) is 46.2 Å². The molecule has 3 aromatic rings. The molecule has 1 N–H and O–H groups in total. The fourth-order valence-corrected chi connectivity index (χ4v) is 3.00. The molecule has 0 bridgehead atoms. The lowest BCUT2D eigenvalue weighted by Gasteiger charge is -2.23. The van der Waals surface area contributed by atoms with Gasteiger partial charge >= 0.3 is 0 Å². The number of hydrogen-bond donors (Lipinski definition) is 1. The molecule has 2 heterocycles. The van der Waals surface area contributed by atoms with E-state index in [0.717, 1.165) is 29.0 Å². The van der Waals surface area contributed by atoms with Crippen LogP contribution in [0.5, 0.6) is 5.75 Å². The van der Waals surface area contributed by atoms with Gasteiger partial charge in [0.05, 0.1) is 7.11 Å². The van der Waals surface area contributed by atoms with E-state index in [2.05, 4.69) is 58.1 Å². The Balaban J connectivity index is 1.77. The van der Waals surface area contributed by atoms with Gasteiger partial charge in [-0.3, -0.25) is 0 Å². The molecule has 2 aromatic carbocycles. The summed E-state index contributed by atoms with van der Waals surface area (Å²) in [4.78, 5) is 0. The topological polar surface area (TPSA) is 64.9 Å². The van der Waals surface area contributed by atoms with Crippen LogP contribution in [-0.2, 0) is 6.42 Å². The second-order valence-electron chi connectivity index (χ2n) is 5.92. The monoisotopic (exact) mass is 333 g/mol. The number of ether oxygens (including phenoxy) is 1. The van der Waals surface area contributed by atoms with Crippen LogP contribution in [0.25, 0.3) is 5.70 Å². The van der Waals surface area contributed by atoms with Crippen molar-refractivity contribution in [2.75, 3.05) is 12.4 Å². The predicted octanol–water partition coefficient (Wildman–Crippen LogP) is 3.30. The first-order valence-corrected chi connectivity index (χ1v) is 8.28. The average Bonchev–Trinajstić information content (AvgIpc) is 3.16. The number of rotatable bonds is 4. The highest BCUT2D eigenvalue weighted by atomic mass is 16.5. The van der Waals surface area contributed by atoms with Gasteiger partial charge in [0.2, 0.25) is 5.95 Å². The molecule has 1 aliphatic rings. The van der Waals surface area contributed by atoms with Crippen molar-refractivity contribution in [2.45, 2.75) is 19.4 Å². The SMILES string of the molecule is CCc1ccc([C@@H]2C=C(c3cccc(OC)c3)Nc3nnnn32)cc1. The van der Waals surface area contributed by atoms with E-state index in [1.807, 2.05) is 24.3 Å². The molecule has 0 amide bonds. The largest absolute Gasteiger partial charge is 0.497 e. The van der Waals surface area contributed by atoms with E-state index in [4.69, 9.17) is 4.74 Å². The molecule has 0 spiro atoms. The number of benzene rings is 2. The number of allylic oxidation sites excluding steroid dienone is 1. The van der Waals surface area contributed by atoms with Crippen molar-refractivity contribution in [3.8, 4) is 5.75 Å².